The minimum atomic E-state index is -0.498. The highest BCUT2D eigenvalue weighted by atomic mass is 33.1. The SMILES string of the molecule is [2H]C(=O)CCC(C)(C)SSCCCC(=O)NCCPC(C)(C)C.[2H]C(=O)CCSSC(C)CCC(=O)CCCPC(C)(C)C. The second-order valence-corrected chi connectivity index (χ2v) is 23.7. The van der Waals surface area contributed by atoms with Crippen LogP contribution < -0.4 is 5.32 Å². The zero-order valence-electron chi connectivity index (χ0n) is 29.7. The van der Waals surface area contributed by atoms with Crippen molar-refractivity contribution in [3.8, 4) is 0 Å². The third-order valence-corrected chi connectivity index (χ3v) is 15.1. The van der Waals surface area contributed by atoms with Gasteiger partial charge in [-0.15, -0.1) is 17.2 Å². The number of Topliss-reactive ketones (excluding diaryl/α,β-unsaturated/α-hetero) is 1. The Labute approximate surface area is 281 Å². The van der Waals surface area contributed by atoms with E-state index in [1.165, 1.54) is 0 Å². The molecule has 0 aliphatic rings. The molecular formula is C31H61NO4P2S4. The number of rotatable bonds is 24. The summed E-state index contributed by atoms with van der Waals surface area (Å²) in [6.45, 7) is 20.5. The van der Waals surface area contributed by atoms with Crippen molar-refractivity contribution in [3.63, 3.8) is 0 Å². The minimum Gasteiger partial charge on any atom is -0.356 e. The highest BCUT2D eigenvalue weighted by Gasteiger charge is 2.18. The fraction of sp³-hybridized carbons (Fsp3) is 0.871. The average Bonchev–Trinajstić information content (AvgIpc) is 2.88. The van der Waals surface area contributed by atoms with Crippen molar-refractivity contribution in [2.24, 2.45) is 0 Å². The van der Waals surface area contributed by atoms with Crippen LogP contribution in [0, 0.1) is 0 Å². The number of ketones is 1. The van der Waals surface area contributed by atoms with Crippen molar-refractivity contribution >= 4 is 84.6 Å². The maximum atomic E-state index is 11.8. The Morgan fingerprint density at radius 1 is 0.833 bits per heavy atom. The van der Waals surface area contributed by atoms with Crippen molar-refractivity contribution in [2.75, 3.05) is 30.4 Å². The molecule has 0 fully saturated rings. The Balaban J connectivity index is 0. The summed E-state index contributed by atoms with van der Waals surface area (Å²) in [5.41, 5.74) is 0. The smallest absolute Gasteiger partial charge is 0.220 e. The first kappa shape index (κ1) is 40.8. The summed E-state index contributed by atoms with van der Waals surface area (Å²) in [6, 6.07) is 0. The van der Waals surface area contributed by atoms with Gasteiger partial charge in [-0.25, -0.2) is 0 Å². The van der Waals surface area contributed by atoms with Crippen LogP contribution in [-0.2, 0) is 19.2 Å². The molecule has 0 aromatic carbocycles. The molecule has 0 saturated heterocycles. The number of aldehydes is 2. The fourth-order valence-corrected chi connectivity index (χ4v) is 10.1. The fourth-order valence-electron chi connectivity index (χ4n) is 3.15. The lowest BCUT2D eigenvalue weighted by Crippen LogP contribution is -2.26. The van der Waals surface area contributed by atoms with E-state index in [2.05, 4.69) is 67.6 Å². The predicted molar refractivity (Wildman–Crippen MR) is 201 cm³/mol. The van der Waals surface area contributed by atoms with E-state index >= 15 is 0 Å². The second-order valence-electron chi connectivity index (χ2n) is 12.9. The molecule has 3 atom stereocenters. The Bertz CT molecular complexity index is 825. The quantitative estimate of drug-likeness (QED) is 0.0461. The summed E-state index contributed by atoms with van der Waals surface area (Å²) in [5, 5.41) is 4.17. The Morgan fingerprint density at radius 3 is 2.05 bits per heavy atom. The lowest BCUT2D eigenvalue weighted by molar-refractivity contribution is -0.121. The summed E-state index contributed by atoms with van der Waals surface area (Å²) in [7, 11) is 8.66. The van der Waals surface area contributed by atoms with Crippen LogP contribution in [0.15, 0.2) is 0 Å². The molecule has 0 radical (unpaired) electrons. The Hall–Kier alpha value is 0.740. The van der Waals surface area contributed by atoms with Crippen LogP contribution in [0.2, 0.25) is 0 Å². The van der Waals surface area contributed by atoms with Gasteiger partial charge in [-0.1, -0.05) is 91.6 Å². The van der Waals surface area contributed by atoms with Gasteiger partial charge in [0.05, 0.1) is 0 Å². The summed E-state index contributed by atoms with van der Waals surface area (Å²) in [5.74, 6) is 2.15. The maximum absolute atomic E-state index is 11.8. The molecule has 5 nitrogen and oxygen atoms in total. The van der Waals surface area contributed by atoms with Crippen LogP contribution >= 0.6 is 60.3 Å². The molecule has 0 aliphatic carbocycles. The van der Waals surface area contributed by atoms with Crippen molar-refractivity contribution in [3.05, 3.63) is 0 Å². The van der Waals surface area contributed by atoms with Crippen LogP contribution in [0.5, 0.6) is 0 Å². The van der Waals surface area contributed by atoms with Crippen LogP contribution in [0.3, 0.4) is 0 Å². The van der Waals surface area contributed by atoms with Crippen molar-refractivity contribution in [1.29, 1.82) is 0 Å². The highest BCUT2D eigenvalue weighted by molar-refractivity contribution is 8.77. The normalized spacial score (nSPS) is 13.9. The Morgan fingerprint density at radius 2 is 1.45 bits per heavy atom. The number of hydrogen-bond acceptors (Lipinski definition) is 8. The summed E-state index contributed by atoms with van der Waals surface area (Å²) in [6.07, 6.45) is 7.37. The Kier molecular flexibility index (Phi) is 26.1. The molecule has 3 unspecified atom stereocenters. The first-order valence-electron chi connectivity index (χ1n) is 16.1. The van der Waals surface area contributed by atoms with Crippen molar-refractivity contribution in [2.45, 2.75) is 140 Å². The number of hydrogen-bond donors (Lipinski definition) is 1. The highest BCUT2D eigenvalue weighted by Crippen LogP contribution is 2.39. The van der Waals surface area contributed by atoms with Crippen molar-refractivity contribution < 1.29 is 21.9 Å². The molecule has 0 aromatic heterocycles. The summed E-state index contributed by atoms with van der Waals surface area (Å²) in [4.78, 5) is 44.7. The molecule has 0 aromatic rings. The molecule has 1 amide bonds. The molecule has 0 saturated carbocycles. The van der Waals surface area contributed by atoms with Gasteiger partial charge in [-0.3, -0.25) is 9.59 Å². The van der Waals surface area contributed by atoms with Crippen LogP contribution in [0.4, 0.5) is 0 Å². The average molecular weight is 704 g/mol. The van der Waals surface area contributed by atoms with E-state index in [1.54, 1.807) is 43.2 Å². The van der Waals surface area contributed by atoms with Gasteiger partial charge in [0.2, 0.25) is 5.91 Å². The van der Waals surface area contributed by atoms with E-state index in [9.17, 15) is 19.2 Å². The topological polar surface area (TPSA) is 80.3 Å². The van der Waals surface area contributed by atoms with E-state index in [-0.39, 0.29) is 10.7 Å². The van der Waals surface area contributed by atoms with E-state index in [0.29, 0.717) is 52.8 Å². The first-order valence-corrected chi connectivity index (χ1v) is 22.2. The lowest BCUT2D eigenvalue weighted by atomic mass is 10.1. The van der Waals surface area contributed by atoms with E-state index in [4.69, 9.17) is 2.74 Å². The first-order chi connectivity index (χ1) is 20.2. The third-order valence-electron chi connectivity index (χ3n) is 5.48. The van der Waals surface area contributed by atoms with Gasteiger partial charge >= 0.3 is 0 Å². The molecule has 0 heterocycles. The summed E-state index contributed by atoms with van der Waals surface area (Å²) >= 11 is 0. The second kappa shape index (κ2) is 26.9. The molecule has 0 bridgehead atoms. The van der Waals surface area contributed by atoms with Gasteiger partial charge in [-0.2, -0.15) is 0 Å². The standard InChI is InChI=1S/C16H32NO2PS2.C15H29O2PS2/c1-15(2,3)20-12-10-17-14(19)8-6-13-21-22-16(4,5)9-7-11-18;1-13(20-19-12-6-10-16)8-9-14(17)7-5-11-18-15(2,3)4/h11,20H,6-10,12-13H2,1-5H3,(H,17,19);10,13,18H,5-9,11-12H2,1-4H3/i11D;10D. The van der Waals surface area contributed by atoms with E-state index in [0.717, 1.165) is 73.9 Å². The minimum absolute atomic E-state index is 0.00246. The number of carbonyl (C=O) groups is 4. The number of carbonyl (C=O) groups excluding carboxylic acids is 4. The van der Waals surface area contributed by atoms with Gasteiger partial charge in [0, 0.05) is 60.2 Å². The molecular weight excluding hydrogens is 641 g/mol. The number of amides is 1. The molecule has 1 N–H and O–H groups in total. The van der Waals surface area contributed by atoms with Gasteiger partial charge in [0.15, 0.2) is 0 Å². The summed E-state index contributed by atoms with van der Waals surface area (Å²) < 4.78 is 13.8. The zero-order valence-corrected chi connectivity index (χ0v) is 33.0. The van der Waals surface area contributed by atoms with Crippen LogP contribution in [0.25, 0.3) is 0 Å². The molecule has 0 rings (SSSR count). The van der Waals surface area contributed by atoms with Gasteiger partial charge in [0.1, 0.15) is 21.0 Å². The van der Waals surface area contributed by atoms with Crippen LogP contribution in [-0.4, -0.2) is 74.9 Å². The van der Waals surface area contributed by atoms with E-state index < -0.39 is 12.5 Å². The molecule has 11 heteroatoms. The van der Waals surface area contributed by atoms with Gasteiger partial charge < -0.3 is 14.9 Å². The largest absolute Gasteiger partial charge is 0.356 e. The van der Waals surface area contributed by atoms with Gasteiger partial charge in [-0.05, 0) is 62.2 Å². The molecule has 42 heavy (non-hydrogen) atoms. The van der Waals surface area contributed by atoms with Crippen molar-refractivity contribution in [1.82, 2.24) is 5.32 Å². The maximum Gasteiger partial charge on any atom is 0.220 e. The van der Waals surface area contributed by atoms with Gasteiger partial charge in [0.25, 0.3) is 0 Å². The molecule has 0 aliphatic heterocycles. The molecule has 248 valence electrons. The lowest BCUT2D eigenvalue weighted by Gasteiger charge is -2.21. The zero-order chi connectivity index (χ0) is 34.2. The predicted octanol–water partition coefficient (Wildman–Crippen LogP) is 9.45. The monoisotopic (exact) mass is 703 g/mol. The molecule has 0 spiro atoms. The van der Waals surface area contributed by atoms with E-state index in [1.807, 2.05) is 0 Å². The third kappa shape index (κ3) is 36.9. The van der Waals surface area contributed by atoms with Crippen LogP contribution in [0.1, 0.15) is 123 Å². The number of nitrogens with one attached hydrogen (secondary N) is 1.